The van der Waals surface area contributed by atoms with Crippen LogP contribution < -0.4 is 14.6 Å². The second-order valence-corrected chi connectivity index (χ2v) is 5.58. The molecule has 2 aromatic rings. The fourth-order valence-corrected chi connectivity index (χ4v) is 2.29. The van der Waals surface area contributed by atoms with Crippen molar-refractivity contribution in [3.8, 4) is 17.6 Å². The molecule has 0 N–H and O–H groups in total. The minimum Gasteiger partial charge on any atom is -0.545 e. The molecule has 0 aliphatic heterocycles. The van der Waals surface area contributed by atoms with Crippen LogP contribution in [0.15, 0.2) is 42.5 Å². The molecule has 0 atom stereocenters. The number of nitrogens with zero attached hydrogens (tertiary/aromatic N) is 1. The Morgan fingerprint density at radius 1 is 1.16 bits per heavy atom. The van der Waals surface area contributed by atoms with E-state index >= 15 is 0 Å². The minimum absolute atomic E-state index is 0.0589. The van der Waals surface area contributed by atoms with Gasteiger partial charge in [-0.15, -0.1) is 0 Å². The summed E-state index contributed by atoms with van der Waals surface area (Å²) in [5.41, 5.74) is 1.75. The second-order valence-electron chi connectivity index (χ2n) is 5.58. The number of methoxy groups -OCH3 is 1. The van der Waals surface area contributed by atoms with Crippen molar-refractivity contribution in [1.82, 2.24) is 0 Å². The van der Waals surface area contributed by atoms with E-state index in [1.54, 1.807) is 31.4 Å². The first-order valence-electron chi connectivity index (χ1n) is 7.73. The molecule has 2 aromatic carbocycles. The number of hydrogen-bond donors (Lipinski definition) is 0. The third-order valence-electron chi connectivity index (χ3n) is 3.43. The molecule has 0 radical (unpaired) electrons. The third-order valence-corrected chi connectivity index (χ3v) is 3.43. The molecule has 0 spiro atoms. The maximum Gasteiger partial charge on any atom is 0.168 e. The number of para-hydroxylation sites is 1. The molecule has 5 nitrogen and oxygen atoms in total. The molecule has 0 heterocycles. The van der Waals surface area contributed by atoms with E-state index in [2.05, 4.69) is 6.07 Å². The summed E-state index contributed by atoms with van der Waals surface area (Å²) in [4.78, 5) is 10.8. The first kappa shape index (κ1) is 18.1. The second kappa shape index (κ2) is 8.02. The van der Waals surface area contributed by atoms with Crippen LogP contribution >= 0.6 is 0 Å². The number of carbonyl (C=O) groups excluding carboxylic acids is 1. The van der Waals surface area contributed by atoms with E-state index in [4.69, 9.17) is 9.47 Å². The van der Waals surface area contributed by atoms with E-state index in [0.29, 0.717) is 28.2 Å². The smallest absolute Gasteiger partial charge is 0.168 e. The van der Waals surface area contributed by atoms with Gasteiger partial charge in [-0.05, 0) is 37.1 Å². The van der Waals surface area contributed by atoms with Crippen LogP contribution in [0.4, 0.5) is 0 Å². The van der Waals surface area contributed by atoms with E-state index in [1.807, 2.05) is 26.0 Å². The largest absolute Gasteiger partial charge is 0.545 e. The van der Waals surface area contributed by atoms with Crippen LogP contribution in [-0.4, -0.2) is 19.2 Å². The summed E-state index contributed by atoms with van der Waals surface area (Å²) in [7, 11) is 1.56. The number of rotatable bonds is 6. The Hall–Kier alpha value is -3.26. The molecule has 25 heavy (non-hydrogen) atoms. The highest BCUT2D eigenvalue weighted by Crippen LogP contribution is 2.34. The van der Waals surface area contributed by atoms with E-state index in [-0.39, 0.29) is 11.7 Å². The maximum absolute atomic E-state index is 10.8. The van der Waals surface area contributed by atoms with Crippen molar-refractivity contribution in [2.24, 2.45) is 0 Å². The van der Waals surface area contributed by atoms with Crippen molar-refractivity contribution in [1.29, 1.82) is 5.26 Å². The van der Waals surface area contributed by atoms with Gasteiger partial charge in [-0.25, -0.2) is 0 Å². The van der Waals surface area contributed by atoms with Gasteiger partial charge in [0, 0.05) is 5.56 Å². The van der Waals surface area contributed by atoms with Gasteiger partial charge in [0.25, 0.3) is 0 Å². The van der Waals surface area contributed by atoms with Gasteiger partial charge in [-0.2, -0.15) is 5.26 Å². The normalized spacial score (nSPS) is 11.1. The Morgan fingerprint density at radius 3 is 2.32 bits per heavy atom. The molecule has 0 aliphatic carbocycles. The molecule has 0 saturated carbocycles. The molecule has 0 bridgehead atoms. The highest BCUT2D eigenvalue weighted by Gasteiger charge is 2.12. The lowest BCUT2D eigenvalue weighted by Crippen LogP contribution is -2.21. The minimum atomic E-state index is -1.26. The summed E-state index contributed by atoms with van der Waals surface area (Å²) < 4.78 is 11.2. The summed E-state index contributed by atoms with van der Waals surface area (Å²) in [5.74, 6) is -0.124. The van der Waals surface area contributed by atoms with Gasteiger partial charge in [0.1, 0.15) is 0 Å². The topological polar surface area (TPSA) is 82.4 Å². The number of aromatic carboxylic acids is 1. The standard InChI is InChI=1S/C20H19NO4/c1-13(2)25-19-16(5-4-6-18(19)24-3)11-17(12-21)14-7-9-15(10-8-14)20(22)23/h4-11,13H,1-3H3,(H,22,23)/p-1/b17-11-. The zero-order valence-electron chi connectivity index (χ0n) is 14.3. The Morgan fingerprint density at radius 2 is 1.80 bits per heavy atom. The van der Waals surface area contributed by atoms with Gasteiger partial charge in [-0.3, -0.25) is 0 Å². The molecule has 0 fully saturated rings. The van der Waals surface area contributed by atoms with E-state index in [1.165, 1.54) is 12.1 Å². The van der Waals surface area contributed by atoms with Crippen molar-refractivity contribution in [2.75, 3.05) is 7.11 Å². The SMILES string of the molecule is COc1cccc(/C=C(/C#N)c2ccc(C(=O)[O-])cc2)c1OC(C)C. The zero-order chi connectivity index (χ0) is 18.4. The van der Waals surface area contributed by atoms with Crippen LogP contribution in [0.25, 0.3) is 11.6 Å². The molecular weight excluding hydrogens is 318 g/mol. The first-order chi connectivity index (χ1) is 12.0. The third kappa shape index (κ3) is 4.39. The van der Waals surface area contributed by atoms with Gasteiger partial charge < -0.3 is 19.4 Å². The number of benzene rings is 2. The van der Waals surface area contributed by atoms with E-state index in [9.17, 15) is 15.2 Å². The molecule has 0 unspecified atom stereocenters. The fourth-order valence-electron chi connectivity index (χ4n) is 2.29. The average Bonchev–Trinajstić information content (AvgIpc) is 2.60. The molecule has 0 amide bonds. The number of ether oxygens (including phenoxy) is 2. The summed E-state index contributed by atoms with van der Waals surface area (Å²) >= 11 is 0. The highest BCUT2D eigenvalue weighted by atomic mass is 16.5. The summed E-state index contributed by atoms with van der Waals surface area (Å²) in [5, 5.41) is 20.3. The quantitative estimate of drug-likeness (QED) is 0.598. The zero-order valence-corrected chi connectivity index (χ0v) is 14.3. The van der Waals surface area contributed by atoms with E-state index < -0.39 is 5.97 Å². The highest BCUT2D eigenvalue weighted by molar-refractivity contribution is 5.92. The molecule has 128 valence electrons. The Labute approximate surface area is 146 Å². The average molecular weight is 336 g/mol. The van der Waals surface area contributed by atoms with Crippen LogP contribution in [0.3, 0.4) is 0 Å². The number of carboxylic acid groups (broad SMARTS) is 1. The van der Waals surface area contributed by atoms with Crippen molar-refractivity contribution in [2.45, 2.75) is 20.0 Å². The molecular formula is C20H18NO4-. The number of allylic oxidation sites excluding steroid dienone is 1. The lowest BCUT2D eigenvalue weighted by atomic mass is 10.0. The predicted molar refractivity (Wildman–Crippen MR) is 93.0 cm³/mol. The van der Waals surface area contributed by atoms with Crippen LogP contribution in [-0.2, 0) is 0 Å². The fraction of sp³-hybridized carbons (Fsp3) is 0.200. The number of hydrogen-bond acceptors (Lipinski definition) is 5. The number of carbonyl (C=O) groups is 1. The van der Waals surface area contributed by atoms with Crippen LogP contribution in [0, 0.1) is 11.3 Å². The molecule has 5 heteroatoms. The Balaban J connectivity index is 2.49. The van der Waals surface area contributed by atoms with Gasteiger partial charge in [0.05, 0.1) is 30.8 Å². The molecule has 0 aliphatic rings. The summed E-state index contributed by atoms with van der Waals surface area (Å²) in [6.07, 6.45) is 1.63. The van der Waals surface area contributed by atoms with Crippen LogP contribution in [0.5, 0.6) is 11.5 Å². The van der Waals surface area contributed by atoms with Gasteiger partial charge in [0.15, 0.2) is 11.5 Å². The first-order valence-corrected chi connectivity index (χ1v) is 7.73. The van der Waals surface area contributed by atoms with Crippen molar-refractivity contribution in [3.05, 3.63) is 59.2 Å². The predicted octanol–water partition coefficient (Wildman–Crippen LogP) is 2.91. The van der Waals surface area contributed by atoms with Crippen molar-refractivity contribution in [3.63, 3.8) is 0 Å². The van der Waals surface area contributed by atoms with Gasteiger partial charge >= 0.3 is 0 Å². The Kier molecular flexibility index (Phi) is 5.80. The van der Waals surface area contributed by atoms with Crippen LogP contribution in [0.1, 0.15) is 35.3 Å². The molecule has 0 saturated heterocycles. The van der Waals surface area contributed by atoms with Crippen molar-refractivity contribution < 1.29 is 19.4 Å². The number of carboxylic acids is 1. The summed E-state index contributed by atoms with van der Waals surface area (Å²) in [6.45, 7) is 3.81. The van der Waals surface area contributed by atoms with E-state index in [0.717, 1.165) is 0 Å². The van der Waals surface area contributed by atoms with Crippen molar-refractivity contribution >= 4 is 17.6 Å². The lowest BCUT2D eigenvalue weighted by Gasteiger charge is -2.16. The Bertz CT molecular complexity index is 830. The van der Waals surface area contributed by atoms with Gasteiger partial charge in [0.2, 0.25) is 0 Å². The van der Waals surface area contributed by atoms with Crippen LogP contribution in [0.2, 0.25) is 0 Å². The number of nitriles is 1. The van der Waals surface area contributed by atoms with Gasteiger partial charge in [-0.1, -0.05) is 36.4 Å². The molecule has 2 rings (SSSR count). The molecule has 0 aromatic heterocycles. The summed E-state index contributed by atoms with van der Waals surface area (Å²) in [6, 6.07) is 13.5. The monoisotopic (exact) mass is 336 g/mol. The maximum atomic E-state index is 10.8. The lowest BCUT2D eigenvalue weighted by molar-refractivity contribution is -0.255.